The highest BCUT2D eigenvalue weighted by Crippen LogP contribution is 2.44. The Morgan fingerprint density at radius 2 is 1.67 bits per heavy atom. The number of primary amides is 1. The van der Waals surface area contributed by atoms with Crippen LogP contribution in [0.2, 0.25) is 10.0 Å². The molecule has 0 aliphatic carbocycles. The van der Waals surface area contributed by atoms with E-state index in [0.29, 0.717) is 37.0 Å². The quantitative estimate of drug-likeness (QED) is 0.390. The number of likely N-dealkylation sites (N-methyl/N-ethyl adjacent to an activating group) is 1. The molecule has 2 amide bonds. The Labute approximate surface area is 210 Å². The number of fused-ring (bicyclic) bond motifs is 1. The second-order valence-electron chi connectivity index (χ2n) is 7.53. The van der Waals surface area contributed by atoms with Gasteiger partial charge in [-0.15, -0.1) is 0 Å². The number of methoxy groups -OCH3 is 2. The average molecular weight is 554 g/mol. The molecule has 3 aromatic rings. The lowest BCUT2D eigenvalue weighted by molar-refractivity contribution is -0.118. The number of benzene rings is 3. The lowest BCUT2D eigenvalue weighted by Gasteiger charge is -2.26. The molecule has 3 aromatic carbocycles. The molecule has 9 heteroatoms. The molecule has 0 spiro atoms. The number of nitrogens with two attached hydrogens (primary N) is 1. The molecule has 0 aliphatic rings. The van der Waals surface area contributed by atoms with E-state index in [0.717, 1.165) is 10.9 Å². The van der Waals surface area contributed by atoms with Crippen molar-refractivity contribution in [3.05, 3.63) is 68.1 Å². The molecule has 0 saturated heterocycles. The van der Waals surface area contributed by atoms with E-state index in [9.17, 15) is 9.59 Å². The molecule has 1 atom stereocenters. The zero-order chi connectivity index (χ0) is 24.3. The Bertz CT molecular complexity index is 1220. The van der Waals surface area contributed by atoms with Gasteiger partial charge in [0.1, 0.15) is 16.0 Å². The summed E-state index contributed by atoms with van der Waals surface area (Å²) in [5, 5.41) is 2.22. The molecular formula is C24H23BrCl2N2O4. The molecule has 3 rings (SSSR count). The van der Waals surface area contributed by atoms with Gasteiger partial charge in [-0.1, -0.05) is 53.5 Å². The smallest absolute Gasteiger partial charge is 0.258 e. The van der Waals surface area contributed by atoms with Crippen LogP contribution in [0.3, 0.4) is 0 Å². The van der Waals surface area contributed by atoms with E-state index in [4.69, 9.17) is 38.4 Å². The number of nitrogens with zero attached hydrogens (tertiary/aromatic N) is 1. The van der Waals surface area contributed by atoms with Crippen LogP contribution in [0, 0.1) is 0 Å². The summed E-state index contributed by atoms with van der Waals surface area (Å²) in [6.07, 6.45) is 0.0414. The van der Waals surface area contributed by atoms with Crippen LogP contribution in [0.1, 0.15) is 28.3 Å². The lowest BCUT2D eigenvalue weighted by atomic mass is 9.94. The van der Waals surface area contributed by atoms with E-state index >= 15 is 0 Å². The fourth-order valence-corrected chi connectivity index (χ4v) is 4.90. The highest BCUT2D eigenvalue weighted by Gasteiger charge is 2.28. The second kappa shape index (κ2) is 10.6. The van der Waals surface area contributed by atoms with Crippen molar-refractivity contribution in [3.8, 4) is 11.5 Å². The summed E-state index contributed by atoms with van der Waals surface area (Å²) in [5.41, 5.74) is 6.64. The van der Waals surface area contributed by atoms with Gasteiger partial charge in [0.25, 0.3) is 5.91 Å². The first-order valence-electron chi connectivity index (χ1n) is 10.00. The number of rotatable bonds is 8. The van der Waals surface area contributed by atoms with Crippen LogP contribution in [0.15, 0.2) is 46.9 Å². The van der Waals surface area contributed by atoms with Crippen molar-refractivity contribution < 1.29 is 19.1 Å². The summed E-state index contributed by atoms with van der Waals surface area (Å²) in [4.78, 5) is 27.0. The number of amides is 2. The molecule has 0 fully saturated rings. The van der Waals surface area contributed by atoms with E-state index in [1.54, 1.807) is 37.3 Å². The van der Waals surface area contributed by atoms with Gasteiger partial charge in [0, 0.05) is 36.7 Å². The van der Waals surface area contributed by atoms with Gasteiger partial charge >= 0.3 is 0 Å². The van der Waals surface area contributed by atoms with E-state index < -0.39 is 5.91 Å². The molecule has 174 valence electrons. The molecule has 2 N–H and O–H groups in total. The van der Waals surface area contributed by atoms with Gasteiger partial charge in [0.05, 0.1) is 29.8 Å². The average Bonchev–Trinajstić information content (AvgIpc) is 2.78. The predicted molar refractivity (Wildman–Crippen MR) is 135 cm³/mol. The summed E-state index contributed by atoms with van der Waals surface area (Å²) < 4.78 is 11.7. The predicted octanol–water partition coefficient (Wildman–Crippen LogP) is 5.66. The van der Waals surface area contributed by atoms with E-state index in [1.807, 2.05) is 24.3 Å². The van der Waals surface area contributed by atoms with Gasteiger partial charge in [0.15, 0.2) is 0 Å². The molecular weight excluding hydrogens is 531 g/mol. The van der Waals surface area contributed by atoms with Crippen LogP contribution in [-0.2, 0) is 4.79 Å². The Kier molecular flexibility index (Phi) is 8.10. The molecule has 0 aliphatic heterocycles. The SMILES string of the molecule is COc1c(Br)c(OC)c2ccccc2c1C(=O)N(C)C[C@@H](CC(N)=O)c1ccc(Cl)c(Cl)c1. The van der Waals surface area contributed by atoms with Gasteiger partial charge in [-0.2, -0.15) is 0 Å². The second-order valence-corrected chi connectivity index (χ2v) is 9.14. The van der Waals surface area contributed by atoms with Crippen molar-refractivity contribution >= 4 is 61.7 Å². The summed E-state index contributed by atoms with van der Waals surface area (Å²) in [6.45, 7) is 0.223. The fraction of sp³-hybridized carbons (Fsp3) is 0.250. The summed E-state index contributed by atoms with van der Waals surface area (Å²) in [7, 11) is 4.72. The Hall–Kier alpha value is -2.48. The molecule has 0 saturated carbocycles. The minimum Gasteiger partial charge on any atom is -0.495 e. The largest absolute Gasteiger partial charge is 0.495 e. The zero-order valence-electron chi connectivity index (χ0n) is 18.3. The first-order valence-corrected chi connectivity index (χ1v) is 11.5. The summed E-state index contributed by atoms with van der Waals surface area (Å²) in [6, 6.07) is 12.6. The number of hydrogen-bond donors (Lipinski definition) is 1. The molecule has 0 aromatic heterocycles. The van der Waals surface area contributed by atoms with Crippen LogP contribution in [-0.4, -0.2) is 44.5 Å². The summed E-state index contributed by atoms with van der Waals surface area (Å²) >= 11 is 15.7. The Morgan fingerprint density at radius 1 is 1.03 bits per heavy atom. The maximum Gasteiger partial charge on any atom is 0.258 e. The number of halogens is 3. The van der Waals surface area contributed by atoms with E-state index in [1.165, 1.54) is 7.11 Å². The van der Waals surface area contributed by atoms with Gasteiger partial charge in [-0.25, -0.2) is 0 Å². The van der Waals surface area contributed by atoms with Crippen LogP contribution in [0.4, 0.5) is 0 Å². The number of carbonyl (C=O) groups is 2. The van der Waals surface area contributed by atoms with Crippen molar-refractivity contribution in [2.45, 2.75) is 12.3 Å². The fourth-order valence-electron chi connectivity index (χ4n) is 3.86. The van der Waals surface area contributed by atoms with Gasteiger partial charge in [-0.05, 0) is 33.6 Å². The maximum absolute atomic E-state index is 13.7. The number of carbonyl (C=O) groups excluding carboxylic acids is 2. The maximum atomic E-state index is 13.7. The minimum atomic E-state index is -0.484. The van der Waals surface area contributed by atoms with Crippen LogP contribution < -0.4 is 15.2 Å². The van der Waals surface area contributed by atoms with Gasteiger partial charge in [-0.3, -0.25) is 9.59 Å². The number of ether oxygens (including phenoxy) is 2. The first-order chi connectivity index (χ1) is 15.7. The molecule has 33 heavy (non-hydrogen) atoms. The number of hydrogen-bond acceptors (Lipinski definition) is 4. The van der Waals surface area contributed by atoms with Crippen LogP contribution >= 0.6 is 39.1 Å². The molecule has 0 heterocycles. The molecule has 6 nitrogen and oxygen atoms in total. The van der Waals surface area contributed by atoms with Crippen molar-refractivity contribution in [1.82, 2.24) is 4.90 Å². The highest BCUT2D eigenvalue weighted by molar-refractivity contribution is 9.10. The standard InChI is InChI=1S/C24H23BrCl2N2O4/c1-29(12-14(11-19(28)30)13-8-9-17(26)18(27)10-13)24(31)20-15-6-4-5-7-16(15)22(32-2)21(25)23(20)33-3/h4-10,14H,11-12H2,1-3H3,(H2,28,30)/t14-/m1/s1. The van der Waals surface area contributed by atoms with Gasteiger partial charge in [0.2, 0.25) is 5.91 Å². The molecule has 0 radical (unpaired) electrons. The topological polar surface area (TPSA) is 81.9 Å². The molecule has 0 bridgehead atoms. The normalized spacial score (nSPS) is 11.8. The van der Waals surface area contributed by atoms with Crippen molar-refractivity contribution in [2.75, 3.05) is 27.8 Å². The first kappa shape index (κ1) is 25.1. The van der Waals surface area contributed by atoms with Crippen LogP contribution in [0.25, 0.3) is 10.8 Å². The third-order valence-electron chi connectivity index (χ3n) is 5.39. The van der Waals surface area contributed by atoms with E-state index in [2.05, 4.69) is 15.9 Å². The highest BCUT2D eigenvalue weighted by atomic mass is 79.9. The molecule has 0 unspecified atom stereocenters. The van der Waals surface area contributed by atoms with Crippen molar-refractivity contribution in [3.63, 3.8) is 0 Å². The lowest BCUT2D eigenvalue weighted by Crippen LogP contribution is -2.33. The third-order valence-corrected chi connectivity index (χ3v) is 6.85. The van der Waals surface area contributed by atoms with Crippen LogP contribution in [0.5, 0.6) is 11.5 Å². The van der Waals surface area contributed by atoms with Crippen molar-refractivity contribution in [2.24, 2.45) is 5.73 Å². The summed E-state index contributed by atoms with van der Waals surface area (Å²) in [5.74, 6) is -0.194. The Morgan fingerprint density at radius 3 is 2.24 bits per heavy atom. The third kappa shape index (κ3) is 5.21. The monoisotopic (exact) mass is 552 g/mol. The Balaban J connectivity index is 2.05. The van der Waals surface area contributed by atoms with E-state index in [-0.39, 0.29) is 24.8 Å². The zero-order valence-corrected chi connectivity index (χ0v) is 21.4. The minimum absolute atomic E-state index is 0.0414. The van der Waals surface area contributed by atoms with Gasteiger partial charge < -0.3 is 20.1 Å². The van der Waals surface area contributed by atoms with Crippen molar-refractivity contribution in [1.29, 1.82) is 0 Å².